The summed E-state index contributed by atoms with van der Waals surface area (Å²) in [6.45, 7) is 3.82. The minimum Gasteiger partial charge on any atom is -0.313 e. The quantitative estimate of drug-likeness (QED) is 0.757. The first kappa shape index (κ1) is 14.1. The second-order valence-corrected chi connectivity index (χ2v) is 5.41. The summed E-state index contributed by atoms with van der Waals surface area (Å²) in [5.74, 6) is 0. The van der Waals surface area contributed by atoms with Crippen LogP contribution in [0.3, 0.4) is 0 Å². The molecule has 0 saturated heterocycles. The lowest BCUT2D eigenvalue weighted by atomic mass is 10.0. The number of hydrogen-bond donors (Lipinski definition) is 1. The van der Waals surface area contributed by atoms with Gasteiger partial charge in [-0.2, -0.15) is 0 Å². The molecule has 1 N–H and O–H groups in total. The molecule has 0 amide bonds. The van der Waals surface area contributed by atoms with Crippen molar-refractivity contribution in [2.24, 2.45) is 0 Å². The molecule has 3 heteroatoms. The predicted molar refractivity (Wildman–Crippen MR) is 89.6 cm³/mol. The Balaban J connectivity index is 1.96. The van der Waals surface area contributed by atoms with Crippen LogP contribution >= 0.6 is 11.6 Å². The Bertz CT molecular complexity index is 768. The van der Waals surface area contributed by atoms with Gasteiger partial charge in [0.25, 0.3) is 0 Å². The molecular weight excluding hydrogens is 280 g/mol. The number of halogens is 1. The minimum atomic E-state index is 0.793. The van der Waals surface area contributed by atoms with E-state index in [4.69, 9.17) is 11.6 Å². The number of pyridine rings is 1. The van der Waals surface area contributed by atoms with Crippen molar-refractivity contribution in [1.82, 2.24) is 10.3 Å². The third kappa shape index (κ3) is 3.07. The van der Waals surface area contributed by atoms with Crippen LogP contribution in [0.4, 0.5) is 0 Å². The Kier molecular flexibility index (Phi) is 4.18. The van der Waals surface area contributed by atoms with Gasteiger partial charge in [-0.25, -0.2) is 0 Å². The Hall–Kier alpha value is -1.90. The van der Waals surface area contributed by atoms with Gasteiger partial charge in [0.15, 0.2) is 0 Å². The van der Waals surface area contributed by atoms with Gasteiger partial charge in [0, 0.05) is 28.7 Å². The SMILES string of the molecule is CCNCc1ccc(-c2cnc3ccccc3c2)cc1Cl. The summed E-state index contributed by atoms with van der Waals surface area (Å²) in [6.07, 6.45) is 1.90. The fraction of sp³-hybridized carbons (Fsp3) is 0.167. The van der Waals surface area contributed by atoms with Crippen LogP contribution in [-0.4, -0.2) is 11.5 Å². The van der Waals surface area contributed by atoms with Gasteiger partial charge in [0.05, 0.1) is 5.52 Å². The molecular formula is C18H17ClN2. The van der Waals surface area contributed by atoms with E-state index in [0.29, 0.717) is 0 Å². The van der Waals surface area contributed by atoms with Gasteiger partial charge in [0.1, 0.15) is 0 Å². The van der Waals surface area contributed by atoms with Gasteiger partial charge in [-0.3, -0.25) is 4.98 Å². The number of nitrogens with zero attached hydrogens (tertiary/aromatic N) is 1. The van der Waals surface area contributed by atoms with E-state index >= 15 is 0 Å². The summed E-state index contributed by atoms with van der Waals surface area (Å²) in [6, 6.07) is 16.5. The highest BCUT2D eigenvalue weighted by Crippen LogP contribution is 2.27. The molecule has 0 unspecified atom stereocenters. The molecule has 3 rings (SSSR count). The van der Waals surface area contributed by atoms with Gasteiger partial charge in [0.2, 0.25) is 0 Å². The summed E-state index contributed by atoms with van der Waals surface area (Å²) in [5, 5.41) is 5.23. The monoisotopic (exact) mass is 296 g/mol. The molecule has 0 bridgehead atoms. The van der Waals surface area contributed by atoms with Crippen LogP contribution in [0, 0.1) is 0 Å². The van der Waals surface area contributed by atoms with Crippen LogP contribution in [-0.2, 0) is 6.54 Å². The van der Waals surface area contributed by atoms with Crippen molar-refractivity contribution in [3.05, 3.63) is 65.3 Å². The molecule has 0 atom stereocenters. The lowest BCUT2D eigenvalue weighted by Gasteiger charge is -2.08. The van der Waals surface area contributed by atoms with Crippen molar-refractivity contribution in [3.8, 4) is 11.1 Å². The maximum absolute atomic E-state index is 6.37. The van der Waals surface area contributed by atoms with Gasteiger partial charge in [-0.15, -0.1) is 0 Å². The lowest BCUT2D eigenvalue weighted by Crippen LogP contribution is -2.11. The molecule has 1 heterocycles. The van der Waals surface area contributed by atoms with Crippen molar-refractivity contribution in [2.75, 3.05) is 6.54 Å². The molecule has 106 valence electrons. The maximum Gasteiger partial charge on any atom is 0.0702 e. The molecule has 0 radical (unpaired) electrons. The van der Waals surface area contributed by atoms with Gasteiger partial charge in [-0.1, -0.05) is 48.9 Å². The summed E-state index contributed by atoms with van der Waals surface area (Å²) in [5.41, 5.74) is 4.32. The largest absolute Gasteiger partial charge is 0.313 e. The van der Waals surface area contributed by atoms with E-state index in [1.54, 1.807) is 0 Å². The molecule has 2 nitrogen and oxygen atoms in total. The molecule has 21 heavy (non-hydrogen) atoms. The molecule has 2 aromatic carbocycles. The van der Waals surface area contributed by atoms with Crippen LogP contribution in [0.5, 0.6) is 0 Å². The Morgan fingerprint density at radius 2 is 1.90 bits per heavy atom. The van der Waals surface area contributed by atoms with E-state index in [2.05, 4.69) is 41.5 Å². The summed E-state index contributed by atoms with van der Waals surface area (Å²) < 4.78 is 0. The second-order valence-electron chi connectivity index (χ2n) is 5.00. The van der Waals surface area contributed by atoms with Crippen molar-refractivity contribution >= 4 is 22.5 Å². The first-order valence-electron chi connectivity index (χ1n) is 7.12. The van der Waals surface area contributed by atoms with Crippen molar-refractivity contribution in [2.45, 2.75) is 13.5 Å². The number of para-hydroxylation sites is 1. The molecule has 0 aliphatic rings. The summed E-state index contributed by atoms with van der Waals surface area (Å²) in [4.78, 5) is 4.50. The highest BCUT2D eigenvalue weighted by atomic mass is 35.5. The minimum absolute atomic E-state index is 0.793. The Morgan fingerprint density at radius 3 is 2.71 bits per heavy atom. The van der Waals surface area contributed by atoms with Crippen LogP contribution in [0.25, 0.3) is 22.0 Å². The van der Waals surface area contributed by atoms with E-state index < -0.39 is 0 Å². The van der Waals surface area contributed by atoms with Crippen molar-refractivity contribution < 1.29 is 0 Å². The first-order chi connectivity index (χ1) is 10.3. The van der Waals surface area contributed by atoms with Crippen LogP contribution in [0.2, 0.25) is 5.02 Å². The average Bonchev–Trinajstić information content (AvgIpc) is 2.53. The zero-order valence-corrected chi connectivity index (χ0v) is 12.7. The summed E-state index contributed by atoms with van der Waals surface area (Å²) >= 11 is 6.37. The van der Waals surface area contributed by atoms with Crippen LogP contribution in [0.1, 0.15) is 12.5 Å². The smallest absolute Gasteiger partial charge is 0.0702 e. The summed E-state index contributed by atoms with van der Waals surface area (Å²) in [7, 11) is 0. The average molecular weight is 297 g/mol. The van der Waals surface area contributed by atoms with E-state index in [1.807, 2.05) is 30.5 Å². The maximum atomic E-state index is 6.37. The number of benzene rings is 2. The topological polar surface area (TPSA) is 24.9 Å². The third-order valence-corrected chi connectivity index (χ3v) is 3.89. The predicted octanol–water partition coefficient (Wildman–Crippen LogP) is 4.66. The van der Waals surface area contributed by atoms with Crippen LogP contribution in [0.15, 0.2) is 54.7 Å². The molecule has 3 aromatic rings. The number of hydrogen-bond acceptors (Lipinski definition) is 2. The Morgan fingerprint density at radius 1 is 1.05 bits per heavy atom. The molecule has 1 aromatic heterocycles. The zero-order chi connectivity index (χ0) is 14.7. The van der Waals surface area contributed by atoms with Gasteiger partial charge in [-0.05, 0) is 35.9 Å². The molecule has 0 fully saturated rings. The third-order valence-electron chi connectivity index (χ3n) is 3.54. The molecule has 0 aliphatic heterocycles. The molecule has 0 saturated carbocycles. The highest BCUT2D eigenvalue weighted by Gasteiger charge is 2.05. The van der Waals surface area contributed by atoms with Gasteiger partial charge < -0.3 is 5.32 Å². The molecule has 0 aliphatic carbocycles. The highest BCUT2D eigenvalue weighted by molar-refractivity contribution is 6.31. The standard InChI is InChI=1S/C18H17ClN2/c1-2-20-11-15-8-7-13(10-17(15)19)16-9-14-5-3-4-6-18(14)21-12-16/h3-10,12,20H,2,11H2,1H3. The van der Waals surface area contributed by atoms with E-state index in [9.17, 15) is 0 Å². The van der Waals surface area contributed by atoms with E-state index in [-0.39, 0.29) is 0 Å². The number of fused-ring (bicyclic) bond motifs is 1. The zero-order valence-electron chi connectivity index (χ0n) is 11.9. The first-order valence-corrected chi connectivity index (χ1v) is 7.50. The second kappa shape index (κ2) is 6.25. The van der Waals surface area contributed by atoms with Crippen LogP contribution < -0.4 is 5.32 Å². The number of rotatable bonds is 4. The number of nitrogens with one attached hydrogen (secondary N) is 1. The molecule has 0 spiro atoms. The number of aromatic nitrogens is 1. The Labute approximate surface area is 129 Å². The lowest BCUT2D eigenvalue weighted by molar-refractivity contribution is 0.727. The van der Waals surface area contributed by atoms with Crippen molar-refractivity contribution in [3.63, 3.8) is 0 Å². The normalized spacial score (nSPS) is 11.0. The fourth-order valence-corrected chi connectivity index (χ4v) is 2.61. The fourth-order valence-electron chi connectivity index (χ4n) is 2.36. The van der Waals surface area contributed by atoms with Crippen molar-refractivity contribution in [1.29, 1.82) is 0 Å². The van der Waals surface area contributed by atoms with E-state index in [0.717, 1.165) is 45.7 Å². The van der Waals surface area contributed by atoms with Gasteiger partial charge >= 0.3 is 0 Å². The van der Waals surface area contributed by atoms with E-state index in [1.165, 1.54) is 0 Å².